The molecule has 0 amide bonds. The predicted molar refractivity (Wildman–Crippen MR) is 84.3 cm³/mol. The van der Waals surface area contributed by atoms with Crippen LogP contribution in [0.2, 0.25) is 0 Å². The molecule has 0 N–H and O–H groups in total. The number of carbonyl (C=O) groups is 1. The highest BCUT2D eigenvalue weighted by Gasteiger charge is 2.20. The van der Waals surface area contributed by atoms with Crippen LogP contribution in [0.15, 0.2) is 24.3 Å². The summed E-state index contributed by atoms with van der Waals surface area (Å²) in [5, 5.41) is 0. The lowest BCUT2D eigenvalue weighted by Gasteiger charge is -2.09. The number of hydrogen-bond donors (Lipinski definition) is 0. The van der Waals surface area contributed by atoms with E-state index in [0.717, 1.165) is 44.0 Å². The summed E-state index contributed by atoms with van der Waals surface area (Å²) in [6, 6.07) is 6.98. The molecule has 0 heterocycles. The first-order valence-electron chi connectivity index (χ1n) is 8.26. The molecule has 1 aliphatic carbocycles. The van der Waals surface area contributed by atoms with E-state index in [2.05, 4.69) is 6.92 Å². The minimum absolute atomic E-state index is 0.464. The van der Waals surface area contributed by atoms with E-state index >= 15 is 0 Å². The lowest BCUT2D eigenvalue weighted by molar-refractivity contribution is -0.234. The molecule has 1 radical (unpaired) electrons. The maximum Gasteiger partial charge on any atom is 0.373 e. The number of carbonyl (C=O) groups excluding carboxylic acids is 1. The third-order valence-electron chi connectivity index (χ3n) is 3.75. The van der Waals surface area contributed by atoms with Gasteiger partial charge in [-0.3, -0.25) is 4.89 Å². The Morgan fingerprint density at radius 1 is 1.05 bits per heavy atom. The molecule has 0 bridgehead atoms. The van der Waals surface area contributed by atoms with Crippen LogP contribution in [0.3, 0.4) is 0 Å². The van der Waals surface area contributed by atoms with Crippen molar-refractivity contribution in [3.05, 3.63) is 35.9 Å². The Labute approximate surface area is 132 Å². The minimum Gasteiger partial charge on any atom is -0.494 e. The summed E-state index contributed by atoms with van der Waals surface area (Å²) in [6.07, 6.45) is 9.57. The molecule has 1 aliphatic rings. The van der Waals surface area contributed by atoms with Gasteiger partial charge in [-0.25, -0.2) is 4.79 Å². The average Bonchev–Trinajstić information content (AvgIpc) is 3.06. The summed E-state index contributed by atoms with van der Waals surface area (Å²) in [4.78, 5) is 21.8. The van der Waals surface area contributed by atoms with Crippen molar-refractivity contribution in [2.75, 3.05) is 6.61 Å². The topological polar surface area (TPSA) is 44.8 Å². The molecule has 1 saturated carbocycles. The first kappa shape index (κ1) is 16.8. The number of hydrogen-bond acceptors (Lipinski definition) is 4. The van der Waals surface area contributed by atoms with Gasteiger partial charge in [0.25, 0.3) is 0 Å². The largest absolute Gasteiger partial charge is 0.494 e. The Morgan fingerprint density at radius 2 is 1.77 bits per heavy atom. The lowest BCUT2D eigenvalue weighted by Crippen LogP contribution is -2.08. The van der Waals surface area contributed by atoms with Gasteiger partial charge < -0.3 is 4.74 Å². The van der Waals surface area contributed by atoms with Gasteiger partial charge in [0.1, 0.15) is 11.9 Å². The van der Waals surface area contributed by atoms with E-state index in [1.165, 1.54) is 19.3 Å². The molecule has 0 atom stereocenters. The van der Waals surface area contributed by atoms with E-state index in [1.807, 2.05) is 0 Å². The van der Waals surface area contributed by atoms with Gasteiger partial charge in [0.2, 0.25) is 0 Å². The highest BCUT2D eigenvalue weighted by atomic mass is 17.2. The van der Waals surface area contributed by atoms with Crippen LogP contribution in [-0.4, -0.2) is 12.6 Å². The van der Waals surface area contributed by atoms with Crippen molar-refractivity contribution >= 4 is 5.97 Å². The van der Waals surface area contributed by atoms with Gasteiger partial charge in [0, 0.05) is 0 Å². The zero-order chi connectivity index (χ0) is 15.6. The molecule has 22 heavy (non-hydrogen) atoms. The first-order chi connectivity index (χ1) is 10.8. The first-order valence-corrected chi connectivity index (χ1v) is 8.26. The van der Waals surface area contributed by atoms with Crippen molar-refractivity contribution in [1.82, 2.24) is 0 Å². The third kappa shape index (κ3) is 5.68. The Morgan fingerprint density at radius 3 is 2.45 bits per heavy atom. The molecule has 0 unspecified atom stereocenters. The maximum atomic E-state index is 11.8. The summed E-state index contributed by atoms with van der Waals surface area (Å²) < 4.78 is 5.64. The molecular formula is C18H25O4. The van der Waals surface area contributed by atoms with Crippen LogP contribution >= 0.6 is 0 Å². The van der Waals surface area contributed by atoms with Gasteiger partial charge in [-0.15, -0.1) is 0 Å². The van der Waals surface area contributed by atoms with Crippen molar-refractivity contribution in [2.45, 2.75) is 58.3 Å². The van der Waals surface area contributed by atoms with Crippen LogP contribution in [0.4, 0.5) is 0 Å². The van der Waals surface area contributed by atoms with Gasteiger partial charge in [-0.05, 0) is 43.5 Å². The quantitative estimate of drug-likeness (QED) is 0.372. The smallest absolute Gasteiger partial charge is 0.373 e. The molecule has 1 fully saturated rings. The Kier molecular flexibility index (Phi) is 7.23. The molecule has 4 nitrogen and oxygen atoms in total. The summed E-state index contributed by atoms with van der Waals surface area (Å²) >= 11 is 0. The fraction of sp³-hybridized carbons (Fsp3) is 0.556. The van der Waals surface area contributed by atoms with E-state index in [1.54, 1.807) is 24.3 Å². The van der Waals surface area contributed by atoms with Crippen LogP contribution in [0.5, 0.6) is 5.75 Å². The summed E-state index contributed by atoms with van der Waals surface area (Å²) in [5.74, 6) is 0.313. The average molecular weight is 305 g/mol. The molecular weight excluding hydrogens is 280 g/mol. The molecule has 0 aliphatic heterocycles. The van der Waals surface area contributed by atoms with Crippen molar-refractivity contribution < 1.29 is 19.3 Å². The predicted octanol–water partition coefficient (Wildman–Crippen LogP) is 4.84. The van der Waals surface area contributed by atoms with E-state index < -0.39 is 5.97 Å². The van der Waals surface area contributed by atoms with Crippen LogP contribution in [-0.2, 0) is 9.78 Å². The van der Waals surface area contributed by atoms with Crippen molar-refractivity contribution in [2.24, 2.45) is 0 Å². The van der Waals surface area contributed by atoms with Crippen LogP contribution in [0.25, 0.3) is 0 Å². The number of benzene rings is 1. The maximum absolute atomic E-state index is 11.8. The SMILES string of the molecule is CCCCCCOc1ccc(C(=O)OO[C]2CCCC2)cc1. The van der Waals surface area contributed by atoms with Crippen molar-refractivity contribution in [1.29, 1.82) is 0 Å². The summed E-state index contributed by atoms with van der Waals surface area (Å²) in [7, 11) is 0. The fourth-order valence-electron chi connectivity index (χ4n) is 2.40. The lowest BCUT2D eigenvalue weighted by atomic mass is 10.2. The number of rotatable bonds is 9. The van der Waals surface area contributed by atoms with Gasteiger partial charge in [-0.2, -0.15) is 4.89 Å². The minimum atomic E-state index is -0.464. The highest BCUT2D eigenvalue weighted by molar-refractivity contribution is 5.89. The third-order valence-corrected chi connectivity index (χ3v) is 3.75. The second-order valence-electron chi connectivity index (χ2n) is 5.63. The van der Waals surface area contributed by atoms with Gasteiger partial charge in [0.15, 0.2) is 0 Å². The molecule has 0 aromatic heterocycles. The standard InChI is InChI=1S/C18H25O4/c1-2-3-4-7-14-20-16-12-10-15(11-13-16)18(19)22-21-17-8-5-6-9-17/h10-13H,2-9,14H2,1H3. The van der Waals surface area contributed by atoms with E-state index in [-0.39, 0.29) is 0 Å². The Balaban J connectivity index is 1.69. The van der Waals surface area contributed by atoms with Gasteiger partial charge in [0.05, 0.1) is 12.2 Å². The molecule has 0 saturated heterocycles. The fourth-order valence-corrected chi connectivity index (χ4v) is 2.40. The molecule has 1 aromatic carbocycles. The van der Waals surface area contributed by atoms with Gasteiger partial charge >= 0.3 is 5.97 Å². The zero-order valence-electron chi connectivity index (χ0n) is 13.3. The van der Waals surface area contributed by atoms with Gasteiger partial charge in [-0.1, -0.05) is 39.0 Å². The second kappa shape index (κ2) is 9.46. The number of ether oxygens (including phenoxy) is 1. The second-order valence-corrected chi connectivity index (χ2v) is 5.63. The van der Waals surface area contributed by atoms with Crippen molar-refractivity contribution in [3.63, 3.8) is 0 Å². The summed E-state index contributed by atoms with van der Waals surface area (Å²) in [5.41, 5.74) is 0.469. The summed E-state index contributed by atoms with van der Waals surface area (Å²) in [6.45, 7) is 2.90. The Bertz CT molecular complexity index is 435. The van der Waals surface area contributed by atoms with Crippen molar-refractivity contribution in [3.8, 4) is 5.75 Å². The van der Waals surface area contributed by atoms with Crippen LogP contribution < -0.4 is 4.74 Å². The molecule has 4 heteroatoms. The zero-order valence-corrected chi connectivity index (χ0v) is 13.3. The van der Waals surface area contributed by atoms with Crippen LogP contribution in [0, 0.1) is 6.10 Å². The normalized spacial score (nSPS) is 15.0. The Hall–Kier alpha value is -1.55. The molecule has 2 rings (SSSR count). The van der Waals surface area contributed by atoms with E-state index in [4.69, 9.17) is 14.5 Å². The highest BCUT2D eigenvalue weighted by Crippen LogP contribution is 2.28. The van der Waals surface area contributed by atoms with E-state index in [0.29, 0.717) is 12.2 Å². The molecule has 0 spiro atoms. The van der Waals surface area contributed by atoms with E-state index in [9.17, 15) is 4.79 Å². The molecule has 121 valence electrons. The van der Waals surface area contributed by atoms with Crippen LogP contribution in [0.1, 0.15) is 68.6 Å². The monoisotopic (exact) mass is 305 g/mol. The number of unbranched alkanes of at least 4 members (excludes halogenated alkanes) is 3. The molecule has 1 aromatic rings.